The van der Waals surface area contributed by atoms with Crippen LogP contribution in [0.3, 0.4) is 0 Å². The Morgan fingerprint density at radius 1 is 1.47 bits per heavy atom. The molecule has 0 aromatic carbocycles. The first-order valence-electron chi connectivity index (χ1n) is 7.62. The van der Waals surface area contributed by atoms with Gasteiger partial charge in [0.05, 0.1) is 6.54 Å². The van der Waals surface area contributed by atoms with Crippen LogP contribution in [-0.4, -0.2) is 48.1 Å². The van der Waals surface area contributed by atoms with Gasteiger partial charge in [-0.1, -0.05) is 6.92 Å². The van der Waals surface area contributed by atoms with E-state index in [4.69, 9.17) is 0 Å². The number of rotatable bonds is 7. The fourth-order valence-electron chi connectivity index (χ4n) is 2.34. The fraction of sp³-hybridized carbons (Fsp3) is 0.933. The lowest BCUT2D eigenvalue weighted by Gasteiger charge is -2.31. The minimum Gasteiger partial charge on any atom is -0.350 e. The summed E-state index contributed by atoms with van der Waals surface area (Å²) in [6.45, 7) is 13.2. The Kier molecular flexibility index (Phi) is 6.27. The van der Waals surface area contributed by atoms with Crippen molar-refractivity contribution in [3.63, 3.8) is 0 Å². The number of carbonyl (C=O) groups excluding carboxylic acids is 1. The zero-order valence-electron chi connectivity index (χ0n) is 13.3. The molecule has 0 saturated carbocycles. The molecule has 1 aliphatic heterocycles. The van der Waals surface area contributed by atoms with Gasteiger partial charge in [0, 0.05) is 24.2 Å². The van der Waals surface area contributed by atoms with Gasteiger partial charge in [-0.2, -0.15) is 0 Å². The van der Waals surface area contributed by atoms with Gasteiger partial charge >= 0.3 is 0 Å². The second-order valence-corrected chi connectivity index (χ2v) is 6.60. The second kappa shape index (κ2) is 7.25. The van der Waals surface area contributed by atoms with Crippen LogP contribution < -0.4 is 10.6 Å². The third-order valence-electron chi connectivity index (χ3n) is 4.06. The molecule has 1 fully saturated rings. The van der Waals surface area contributed by atoms with Crippen molar-refractivity contribution in [2.45, 2.75) is 71.5 Å². The molecule has 1 aliphatic rings. The van der Waals surface area contributed by atoms with E-state index in [9.17, 15) is 4.79 Å². The van der Waals surface area contributed by atoms with E-state index in [0.717, 1.165) is 19.5 Å². The Balaban J connectivity index is 2.46. The molecule has 1 unspecified atom stereocenters. The predicted molar refractivity (Wildman–Crippen MR) is 80.2 cm³/mol. The standard InChI is InChI=1S/C15H31N3O/c1-6-15(4,5)17-14(19)11-18(12(2)3)10-13-8-7-9-16-13/h12-13,16H,6-11H2,1-5H3,(H,17,19). The molecule has 4 heteroatoms. The van der Waals surface area contributed by atoms with Gasteiger partial charge in [-0.3, -0.25) is 9.69 Å². The van der Waals surface area contributed by atoms with Crippen LogP contribution in [0.15, 0.2) is 0 Å². The van der Waals surface area contributed by atoms with Crippen molar-refractivity contribution < 1.29 is 4.79 Å². The van der Waals surface area contributed by atoms with E-state index in [-0.39, 0.29) is 11.4 Å². The lowest BCUT2D eigenvalue weighted by Crippen LogP contribution is -2.50. The summed E-state index contributed by atoms with van der Waals surface area (Å²) in [6, 6.07) is 0.951. The maximum Gasteiger partial charge on any atom is 0.234 e. The fourth-order valence-corrected chi connectivity index (χ4v) is 2.34. The molecule has 0 radical (unpaired) electrons. The molecule has 2 N–H and O–H groups in total. The Bertz CT molecular complexity index is 283. The van der Waals surface area contributed by atoms with Crippen molar-refractivity contribution in [1.29, 1.82) is 0 Å². The van der Waals surface area contributed by atoms with Gasteiger partial charge < -0.3 is 10.6 Å². The SMILES string of the molecule is CCC(C)(C)NC(=O)CN(CC1CCCN1)C(C)C. The third kappa shape index (κ3) is 5.91. The average Bonchev–Trinajstić information content (AvgIpc) is 2.80. The van der Waals surface area contributed by atoms with E-state index in [1.807, 2.05) is 0 Å². The van der Waals surface area contributed by atoms with Crippen LogP contribution >= 0.6 is 0 Å². The first kappa shape index (κ1) is 16.4. The molecule has 4 nitrogen and oxygen atoms in total. The van der Waals surface area contributed by atoms with Gasteiger partial charge in [0.25, 0.3) is 0 Å². The van der Waals surface area contributed by atoms with Crippen molar-refractivity contribution in [1.82, 2.24) is 15.5 Å². The Hall–Kier alpha value is -0.610. The van der Waals surface area contributed by atoms with E-state index in [2.05, 4.69) is 50.2 Å². The van der Waals surface area contributed by atoms with Gasteiger partial charge in [0.2, 0.25) is 5.91 Å². The number of carbonyl (C=O) groups is 1. The summed E-state index contributed by atoms with van der Waals surface area (Å²) in [5.41, 5.74) is -0.106. The molecule has 1 atom stereocenters. The normalized spacial score (nSPS) is 20.3. The summed E-state index contributed by atoms with van der Waals surface area (Å²) in [5.74, 6) is 0.138. The van der Waals surface area contributed by atoms with Gasteiger partial charge in [-0.15, -0.1) is 0 Å². The number of nitrogens with zero attached hydrogens (tertiary/aromatic N) is 1. The first-order chi connectivity index (χ1) is 8.84. The van der Waals surface area contributed by atoms with Gasteiger partial charge in [0.1, 0.15) is 0 Å². The average molecular weight is 269 g/mol. The van der Waals surface area contributed by atoms with E-state index in [0.29, 0.717) is 18.6 Å². The highest BCUT2D eigenvalue weighted by atomic mass is 16.2. The summed E-state index contributed by atoms with van der Waals surface area (Å²) in [7, 11) is 0. The lowest BCUT2D eigenvalue weighted by atomic mass is 10.0. The third-order valence-corrected chi connectivity index (χ3v) is 4.06. The smallest absolute Gasteiger partial charge is 0.234 e. The molecule has 0 aromatic heterocycles. The molecule has 0 aromatic rings. The molecular formula is C15H31N3O. The molecule has 1 saturated heterocycles. The summed E-state index contributed by atoms with van der Waals surface area (Å²) >= 11 is 0. The minimum atomic E-state index is -0.106. The monoisotopic (exact) mass is 269 g/mol. The molecule has 112 valence electrons. The highest BCUT2D eigenvalue weighted by Crippen LogP contribution is 2.10. The van der Waals surface area contributed by atoms with Crippen LogP contribution in [0.2, 0.25) is 0 Å². The first-order valence-corrected chi connectivity index (χ1v) is 7.62. The van der Waals surface area contributed by atoms with Crippen molar-refractivity contribution >= 4 is 5.91 Å². The van der Waals surface area contributed by atoms with Crippen molar-refractivity contribution in [3.05, 3.63) is 0 Å². The highest BCUT2D eigenvalue weighted by molar-refractivity contribution is 5.78. The van der Waals surface area contributed by atoms with E-state index < -0.39 is 0 Å². The van der Waals surface area contributed by atoms with E-state index in [1.165, 1.54) is 12.8 Å². The maximum atomic E-state index is 12.1. The second-order valence-electron chi connectivity index (χ2n) is 6.60. The summed E-state index contributed by atoms with van der Waals surface area (Å²) < 4.78 is 0. The molecule has 0 spiro atoms. The summed E-state index contributed by atoms with van der Waals surface area (Å²) in [6.07, 6.45) is 3.43. The van der Waals surface area contributed by atoms with Crippen LogP contribution in [0.25, 0.3) is 0 Å². The van der Waals surface area contributed by atoms with Gasteiger partial charge in [-0.05, 0) is 53.5 Å². The molecule has 1 amide bonds. The van der Waals surface area contributed by atoms with E-state index >= 15 is 0 Å². The number of nitrogens with one attached hydrogen (secondary N) is 2. The quantitative estimate of drug-likeness (QED) is 0.740. The molecule has 0 bridgehead atoms. The zero-order valence-corrected chi connectivity index (χ0v) is 13.3. The molecular weight excluding hydrogens is 238 g/mol. The molecule has 1 rings (SSSR count). The Morgan fingerprint density at radius 2 is 2.16 bits per heavy atom. The van der Waals surface area contributed by atoms with Crippen LogP contribution in [0.4, 0.5) is 0 Å². The largest absolute Gasteiger partial charge is 0.350 e. The molecule has 1 heterocycles. The summed E-state index contributed by atoms with van der Waals surface area (Å²) in [4.78, 5) is 14.4. The molecule has 0 aliphatic carbocycles. The van der Waals surface area contributed by atoms with Crippen molar-refractivity contribution in [2.24, 2.45) is 0 Å². The van der Waals surface area contributed by atoms with Crippen LogP contribution in [-0.2, 0) is 4.79 Å². The Labute approximate surface area is 118 Å². The molecule has 19 heavy (non-hydrogen) atoms. The minimum absolute atomic E-state index is 0.106. The Morgan fingerprint density at radius 3 is 2.63 bits per heavy atom. The number of amides is 1. The highest BCUT2D eigenvalue weighted by Gasteiger charge is 2.23. The zero-order chi connectivity index (χ0) is 14.5. The van der Waals surface area contributed by atoms with Crippen LogP contribution in [0.1, 0.15) is 53.9 Å². The van der Waals surface area contributed by atoms with Gasteiger partial charge in [0.15, 0.2) is 0 Å². The van der Waals surface area contributed by atoms with Crippen molar-refractivity contribution in [3.8, 4) is 0 Å². The maximum absolute atomic E-state index is 12.1. The van der Waals surface area contributed by atoms with E-state index in [1.54, 1.807) is 0 Å². The topological polar surface area (TPSA) is 44.4 Å². The lowest BCUT2D eigenvalue weighted by molar-refractivity contribution is -0.124. The van der Waals surface area contributed by atoms with Gasteiger partial charge in [-0.25, -0.2) is 0 Å². The van der Waals surface area contributed by atoms with Crippen LogP contribution in [0.5, 0.6) is 0 Å². The number of hydrogen-bond donors (Lipinski definition) is 2. The number of hydrogen-bond acceptors (Lipinski definition) is 3. The summed E-state index contributed by atoms with van der Waals surface area (Å²) in [5, 5.41) is 6.62. The predicted octanol–water partition coefficient (Wildman–Crippen LogP) is 1.75. The van der Waals surface area contributed by atoms with Crippen molar-refractivity contribution in [2.75, 3.05) is 19.6 Å². The van der Waals surface area contributed by atoms with Crippen LogP contribution in [0, 0.1) is 0 Å².